The van der Waals surface area contributed by atoms with Gasteiger partial charge in [0, 0.05) is 6.04 Å². The summed E-state index contributed by atoms with van der Waals surface area (Å²) in [5.74, 6) is 0.724. The van der Waals surface area contributed by atoms with Crippen LogP contribution in [0.25, 0.3) is 0 Å². The fourth-order valence-corrected chi connectivity index (χ4v) is 1.49. The highest BCUT2D eigenvalue weighted by atomic mass is 14.9. The summed E-state index contributed by atoms with van der Waals surface area (Å²) in [6.07, 6.45) is 3.55. The van der Waals surface area contributed by atoms with Crippen molar-refractivity contribution in [1.82, 2.24) is 5.32 Å². The molecule has 0 radical (unpaired) electrons. The normalized spacial score (nSPS) is 30.8. The summed E-state index contributed by atoms with van der Waals surface area (Å²) in [5.41, 5.74) is 2.71. The summed E-state index contributed by atoms with van der Waals surface area (Å²) < 4.78 is 0. The lowest BCUT2D eigenvalue weighted by molar-refractivity contribution is 0.574. The van der Waals surface area contributed by atoms with E-state index in [-0.39, 0.29) is 0 Å². The zero-order chi connectivity index (χ0) is 9.14. The smallest absolute Gasteiger partial charge is 0.0462 e. The first-order valence-electron chi connectivity index (χ1n) is 4.68. The largest absolute Gasteiger partial charge is 0.307 e. The molecule has 1 aliphatic heterocycles. The van der Waals surface area contributed by atoms with E-state index in [0.29, 0.717) is 6.04 Å². The highest BCUT2D eigenvalue weighted by molar-refractivity contribution is 5.19. The van der Waals surface area contributed by atoms with Crippen molar-refractivity contribution >= 4 is 0 Å². The topological polar surface area (TPSA) is 12.0 Å². The first-order chi connectivity index (χ1) is 5.61. The van der Waals surface area contributed by atoms with Crippen molar-refractivity contribution in [3.8, 4) is 0 Å². The fraction of sp³-hybridized carbons (Fsp3) is 0.636. The van der Waals surface area contributed by atoms with E-state index in [4.69, 9.17) is 0 Å². The second-order valence-electron chi connectivity index (χ2n) is 3.88. The van der Waals surface area contributed by atoms with Gasteiger partial charge in [-0.1, -0.05) is 30.7 Å². The molecule has 0 aromatic carbocycles. The summed E-state index contributed by atoms with van der Waals surface area (Å²) in [6.45, 7) is 11.7. The standard InChI is InChI=1S/C11H19N/c1-8(2)11-7-10(4)9(3)5-6-12-11/h7,9,11-12H,1,5-6H2,2-4H3/t9?,11-/m1/s1. The van der Waals surface area contributed by atoms with E-state index in [1.807, 2.05) is 0 Å². The molecular formula is C11H19N. The molecule has 1 heterocycles. The van der Waals surface area contributed by atoms with Crippen molar-refractivity contribution < 1.29 is 0 Å². The van der Waals surface area contributed by atoms with Gasteiger partial charge in [0.15, 0.2) is 0 Å². The van der Waals surface area contributed by atoms with Crippen molar-refractivity contribution in [1.29, 1.82) is 0 Å². The van der Waals surface area contributed by atoms with E-state index in [9.17, 15) is 0 Å². The van der Waals surface area contributed by atoms with Gasteiger partial charge < -0.3 is 5.32 Å². The molecule has 12 heavy (non-hydrogen) atoms. The Kier molecular flexibility index (Phi) is 3.10. The summed E-state index contributed by atoms with van der Waals surface area (Å²) >= 11 is 0. The summed E-state index contributed by atoms with van der Waals surface area (Å²) in [5, 5.41) is 3.47. The van der Waals surface area contributed by atoms with Crippen LogP contribution in [0.2, 0.25) is 0 Å². The predicted octanol–water partition coefficient (Wildman–Crippen LogP) is 2.51. The number of hydrogen-bond donors (Lipinski definition) is 1. The Morgan fingerprint density at radius 3 is 2.92 bits per heavy atom. The summed E-state index contributed by atoms with van der Waals surface area (Å²) in [6, 6.07) is 0.398. The summed E-state index contributed by atoms with van der Waals surface area (Å²) in [7, 11) is 0. The number of hydrogen-bond acceptors (Lipinski definition) is 1. The van der Waals surface area contributed by atoms with Crippen molar-refractivity contribution in [2.75, 3.05) is 6.54 Å². The Labute approximate surface area is 75.6 Å². The molecule has 1 rings (SSSR count). The number of rotatable bonds is 1. The van der Waals surface area contributed by atoms with E-state index in [1.165, 1.54) is 17.6 Å². The molecule has 1 nitrogen and oxygen atoms in total. The van der Waals surface area contributed by atoms with Crippen LogP contribution in [0.1, 0.15) is 27.2 Å². The molecule has 1 heteroatoms. The zero-order valence-corrected chi connectivity index (χ0v) is 8.35. The van der Waals surface area contributed by atoms with Gasteiger partial charge in [-0.25, -0.2) is 0 Å². The molecule has 0 aliphatic carbocycles. The Bertz CT molecular complexity index is 203. The van der Waals surface area contributed by atoms with Crippen LogP contribution in [0.5, 0.6) is 0 Å². The fourth-order valence-electron chi connectivity index (χ4n) is 1.49. The van der Waals surface area contributed by atoms with E-state index in [0.717, 1.165) is 12.5 Å². The van der Waals surface area contributed by atoms with Gasteiger partial charge in [-0.2, -0.15) is 0 Å². The third kappa shape index (κ3) is 2.21. The molecule has 0 fully saturated rings. The Morgan fingerprint density at radius 2 is 2.33 bits per heavy atom. The van der Waals surface area contributed by atoms with Crippen molar-refractivity contribution in [3.63, 3.8) is 0 Å². The van der Waals surface area contributed by atoms with Gasteiger partial charge in [0.1, 0.15) is 0 Å². The van der Waals surface area contributed by atoms with Gasteiger partial charge in [0.2, 0.25) is 0 Å². The molecule has 0 saturated heterocycles. The van der Waals surface area contributed by atoms with Crippen LogP contribution in [-0.4, -0.2) is 12.6 Å². The molecule has 0 saturated carbocycles. The molecule has 0 aromatic heterocycles. The molecule has 68 valence electrons. The minimum Gasteiger partial charge on any atom is -0.307 e. The predicted molar refractivity (Wildman–Crippen MR) is 54.1 cm³/mol. The molecule has 0 spiro atoms. The average molecular weight is 165 g/mol. The third-order valence-electron chi connectivity index (χ3n) is 2.68. The van der Waals surface area contributed by atoms with Gasteiger partial charge >= 0.3 is 0 Å². The van der Waals surface area contributed by atoms with Crippen LogP contribution < -0.4 is 5.32 Å². The molecule has 0 amide bonds. The SMILES string of the molecule is C=C(C)[C@H]1C=C(C)C(C)CCN1. The van der Waals surface area contributed by atoms with Gasteiger partial charge in [-0.05, 0) is 32.7 Å². The van der Waals surface area contributed by atoms with Crippen molar-refractivity contribution in [2.24, 2.45) is 5.92 Å². The van der Waals surface area contributed by atoms with Crippen LogP contribution in [0.4, 0.5) is 0 Å². The van der Waals surface area contributed by atoms with Crippen LogP contribution in [0.15, 0.2) is 23.8 Å². The van der Waals surface area contributed by atoms with Gasteiger partial charge in [-0.15, -0.1) is 0 Å². The molecular weight excluding hydrogens is 146 g/mol. The highest BCUT2D eigenvalue weighted by Gasteiger charge is 2.13. The molecule has 1 N–H and O–H groups in total. The Morgan fingerprint density at radius 1 is 1.67 bits per heavy atom. The van der Waals surface area contributed by atoms with E-state index >= 15 is 0 Å². The van der Waals surface area contributed by atoms with Crippen LogP contribution >= 0.6 is 0 Å². The highest BCUT2D eigenvalue weighted by Crippen LogP contribution is 2.18. The molecule has 2 atom stereocenters. The second-order valence-corrected chi connectivity index (χ2v) is 3.88. The third-order valence-corrected chi connectivity index (χ3v) is 2.68. The van der Waals surface area contributed by atoms with Crippen molar-refractivity contribution in [3.05, 3.63) is 23.8 Å². The van der Waals surface area contributed by atoms with Crippen LogP contribution in [-0.2, 0) is 0 Å². The van der Waals surface area contributed by atoms with Crippen molar-refractivity contribution in [2.45, 2.75) is 33.2 Å². The minimum atomic E-state index is 0.398. The minimum absolute atomic E-state index is 0.398. The number of nitrogens with one attached hydrogen (secondary N) is 1. The maximum atomic E-state index is 3.97. The lowest BCUT2D eigenvalue weighted by Gasteiger charge is -2.12. The maximum absolute atomic E-state index is 3.97. The average Bonchev–Trinajstić information content (AvgIpc) is 2.15. The van der Waals surface area contributed by atoms with Crippen LogP contribution in [0, 0.1) is 5.92 Å². The Hall–Kier alpha value is -0.560. The second kappa shape index (κ2) is 3.90. The van der Waals surface area contributed by atoms with Crippen LogP contribution in [0.3, 0.4) is 0 Å². The lowest BCUT2D eigenvalue weighted by Crippen LogP contribution is -2.27. The monoisotopic (exact) mass is 165 g/mol. The first kappa shape index (κ1) is 9.53. The van der Waals surface area contributed by atoms with E-state index < -0.39 is 0 Å². The molecule has 1 unspecified atom stereocenters. The first-order valence-corrected chi connectivity index (χ1v) is 4.68. The number of allylic oxidation sites excluding steroid dienone is 1. The Balaban J connectivity index is 2.73. The summed E-state index contributed by atoms with van der Waals surface area (Å²) in [4.78, 5) is 0. The van der Waals surface area contributed by atoms with E-state index in [1.54, 1.807) is 0 Å². The zero-order valence-electron chi connectivity index (χ0n) is 8.35. The lowest BCUT2D eigenvalue weighted by atomic mass is 9.98. The van der Waals surface area contributed by atoms with Gasteiger partial charge in [0.25, 0.3) is 0 Å². The molecule has 0 aromatic rings. The van der Waals surface area contributed by atoms with Gasteiger partial charge in [0.05, 0.1) is 0 Å². The van der Waals surface area contributed by atoms with E-state index in [2.05, 4.69) is 38.7 Å². The van der Waals surface area contributed by atoms with Gasteiger partial charge in [-0.3, -0.25) is 0 Å². The molecule has 1 aliphatic rings. The maximum Gasteiger partial charge on any atom is 0.0462 e. The quantitative estimate of drug-likeness (QED) is 0.589. The molecule has 0 bridgehead atoms.